The SMILES string of the molecule is CC(C)n1cncc1COc1c(Cl)cccc1C(=O)O. The van der Waals surface area contributed by atoms with E-state index in [9.17, 15) is 4.79 Å². The number of hydrogen-bond acceptors (Lipinski definition) is 3. The van der Waals surface area contributed by atoms with Crippen molar-refractivity contribution in [2.45, 2.75) is 26.5 Å². The maximum Gasteiger partial charge on any atom is 0.339 e. The first-order valence-corrected chi connectivity index (χ1v) is 6.53. The lowest BCUT2D eigenvalue weighted by Gasteiger charge is -2.14. The molecular formula is C14H15ClN2O3. The Morgan fingerprint density at radius 1 is 1.50 bits per heavy atom. The van der Waals surface area contributed by atoms with Gasteiger partial charge in [0.15, 0.2) is 5.75 Å². The Labute approximate surface area is 121 Å². The normalized spacial score (nSPS) is 10.8. The van der Waals surface area contributed by atoms with E-state index in [1.807, 2.05) is 18.4 Å². The molecule has 1 N–H and O–H groups in total. The zero-order chi connectivity index (χ0) is 14.7. The number of rotatable bonds is 5. The quantitative estimate of drug-likeness (QED) is 0.918. The summed E-state index contributed by atoms with van der Waals surface area (Å²) in [6.45, 7) is 4.27. The number of halogens is 1. The first kappa shape index (κ1) is 14.4. The minimum atomic E-state index is -1.07. The lowest BCUT2D eigenvalue weighted by Crippen LogP contribution is -2.09. The van der Waals surface area contributed by atoms with Crippen molar-refractivity contribution in [1.29, 1.82) is 0 Å². The van der Waals surface area contributed by atoms with Gasteiger partial charge in [0.2, 0.25) is 0 Å². The monoisotopic (exact) mass is 294 g/mol. The molecule has 106 valence electrons. The highest BCUT2D eigenvalue weighted by atomic mass is 35.5. The zero-order valence-electron chi connectivity index (χ0n) is 11.2. The fourth-order valence-corrected chi connectivity index (χ4v) is 2.11. The summed E-state index contributed by atoms with van der Waals surface area (Å²) in [5.41, 5.74) is 0.907. The number of carbonyl (C=O) groups is 1. The third-order valence-corrected chi connectivity index (χ3v) is 3.16. The zero-order valence-corrected chi connectivity index (χ0v) is 12.0. The smallest absolute Gasteiger partial charge is 0.339 e. The lowest BCUT2D eigenvalue weighted by atomic mass is 10.2. The summed E-state index contributed by atoms with van der Waals surface area (Å²) in [6.07, 6.45) is 3.41. The summed E-state index contributed by atoms with van der Waals surface area (Å²) in [5.74, 6) is -0.891. The molecule has 2 aromatic rings. The van der Waals surface area contributed by atoms with E-state index in [0.717, 1.165) is 5.69 Å². The van der Waals surface area contributed by atoms with Gasteiger partial charge in [-0.15, -0.1) is 0 Å². The molecule has 0 saturated heterocycles. The van der Waals surface area contributed by atoms with Gasteiger partial charge in [0.1, 0.15) is 12.2 Å². The third kappa shape index (κ3) is 2.93. The summed E-state index contributed by atoms with van der Waals surface area (Å²) in [5, 5.41) is 9.41. The average Bonchev–Trinajstić information content (AvgIpc) is 2.85. The van der Waals surface area contributed by atoms with Gasteiger partial charge in [0, 0.05) is 6.04 Å². The number of aromatic carboxylic acids is 1. The molecule has 0 saturated carbocycles. The van der Waals surface area contributed by atoms with Gasteiger partial charge < -0.3 is 14.4 Å². The van der Waals surface area contributed by atoms with Crippen molar-refractivity contribution in [2.24, 2.45) is 0 Å². The Bertz CT molecular complexity index is 623. The van der Waals surface area contributed by atoms with Gasteiger partial charge in [-0.2, -0.15) is 0 Å². The van der Waals surface area contributed by atoms with E-state index in [1.54, 1.807) is 24.7 Å². The Kier molecular flexibility index (Phi) is 4.29. The van der Waals surface area contributed by atoms with Crippen molar-refractivity contribution in [1.82, 2.24) is 9.55 Å². The second kappa shape index (κ2) is 5.96. The Morgan fingerprint density at radius 3 is 2.90 bits per heavy atom. The molecule has 0 spiro atoms. The van der Waals surface area contributed by atoms with Crippen LogP contribution in [0.3, 0.4) is 0 Å². The van der Waals surface area contributed by atoms with Crippen molar-refractivity contribution < 1.29 is 14.6 Å². The molecule has 0 aliphatic rings. The molecule has 1 aromatic carbocycles. The molecule has 2 rings (SSSR count). The molecule has 0 amide bonds. The standard InChI is InChI=1S/C14H15ClN2O3/c1-9(2)17-8-16-6-10(17)7-20-13-11(14(18)19)4-3-5-12(13)15/h3-6,8-9H,7H2,1-2H3,(H,18,19). The van der Waals surface area contributed by atoms with Crippen LogP contribution in [0.25, 0.3) is 0 Å². The number of carboxylic acids is 1. The van der Waals surface area contributed by atoms with Gasteiger partial charge in [-0.05, 0) is 26.0 Å². The van der Waals surface area contributed by atoms with Gasteiger partial charge in [-0.3, -0.25) is 0 Å². The highest BCUT2D eigenvalue weighted by Gasteiger charge is 2.15. The molecule has 1 heterocycles. The number of imidazole rings is 1. The highest BCUT2D eigenvalue weighted by molar-refractivity contribution is 6.32. The number of benzene rings is 1. The molecule has 20 heavy (non-hydrogen) atoms. The first-order valence-electron chi connectivity index (χ1n) is 6.16. The summed E-state index contributed by atoms with van der Waals surface area (Å²) in [7, 11) is 0. The van der Waals surface area contributed by atoms with E-state index in [2.05, 4.69) is 4.98 Å². The van der Waals surface area contributed by atoms with Crippen LogP contribution in [0.1, 0.15) is 35.9 Å². The summed E-state index contributed by atoms with van der Waals surface area (Å²) >= 11 is 6.01. The Morgan fingerprint density at radius 2 is 2.25 bits per heavy atom. The van der Waals surface area contributed by atoms with E-state index >= 15 is 0 Å². The maximum absolute atomic E-state index is 11.2. The third-order valence-electron chi connectivity index (χ3n) is 2.86. The molecular weight excluding hydrogens is 280 g/mol. The van der Waals surface area contributed by atoms with Crippen LogP contribution < -0.4 is 4.74 Å². The largest absolute Gasteiger partial charge is 0.485 e. The summed E-state index contributed by atoms with van der Waals surface area (Å²) < 4.78 is 7.55. The van der Waals surface area contributed by atoms with Crippen molar-refractivity contribution in [3.63, 3.8) is 0 Å². The fourth-order valence-electron chi connectivity index (χ4n) is 1.88. The van der Waals surface area contributed by atoms with Crippen LogP contribution in [0, 0.1) is 0 Å². The molecule has 5 nitrogen and oxygen atoms in total. The minimum Gasteiger partial charge on any atom is -0.485 e. The Balaban J connectivity index is 2.23. The number of aromatic nitrogens is 2. The molecule has 1 aromatic heterocycles. The van der Waals surface area contributed by atoms with Crippen molar-refractivity contribution in [3.05, 3.63) is 47.0 Å². The number of para-hydroxylation sites is 1. The van der Waals surface area contributed by atoms with E-state index in [-0.39, 0.29) is 29.0 Å². The van der Waals surface area contributed by atoms with Crippen molar-refractivity contribution >= 4 is 17.6 Å². The van der Waals surface area contributed by atoms with E-state index < -0.39 is 5.97 Å². The summed E-state index contributed by atoms with van der Waals surface area (Å²) in [6, 6.07) is 4.89. The van der Waals surface area contributed by atoms with Crippen molar-refractivity contribution in [3.8, 4) is 5.75 Å². The summed E-state index contributed by atoms with van der Waals surface area (Å²) in [4.78, 5) is 15.2. The molecule has 0 fully saturated rings. The number of ether oxygens (including phenoxy) is 1. The predicted octanol–water partition coefficient (Wildman–Crippen LogP) is 3.39. The molecule has 0 aliphatic heterocycles. The van der Waals surface area contributed by atoms with Crippen LogP contribution in [0.4, 0.5) is 0 Å². The van der Waals surface area contributed by atoms with Crippen LogP contribution in [-0.2, 0) is 6.61 Å². The van der Waals surface area contributed by atoms with Crippen LogP contribution in [0.15, 0.2) is 30.7 Å². The van der Waals surface area contributed by atoms with E-state index in [0.29, 0.717) is 0 Å². The first-order chi connectivity index (χ1) is 9.50. The maximum atomic E-state index is 11.2. The van der Waals surface area contributed by atoms with Gasteiger partial charge in [0.25, 0.3) is 0 Å². The predicted molar refractivity (Wildman–Crippen MR) is 75.4 cm³/mol. The van der Waals surface area contributed by atoms with E-state index in [4.69, 9.17) is 21.4 Å². The highest BCUT2D eigenvalue weighted by Crippen LogP contribution is 2.29. The van der Waals surface area contributed by atoms with Gasteiger partial charge in [-0.25, -0.2) is 9.78 Å². The topological polar surface area (TPSA) is 64.4 Å². The number of hydrogen-bond donors (Lipinski definition) is 1. The molecule has 6 heteroatoms. The average molecular weight is 295 g/mol. The lowest BCUT2D eigenvalue weighted by molar-refractivity contribution is 0.0691. The second-order valence-electron chi connectivity index (χ2n) is 4.60. The van der Waals surface area contributed by atoms with Gasteiger partial charge in [0.05, 0.1) is 23.2 Å². The van der Waals surface area contributed by atoms with Crippen LogP contribution in [0.5, 0.6) is 5.75 Å². The molecule has 0 bridgehead atoms. The molecule has 0 atom stereocenters. The molecule has 0 aliphatic carbocycles. The van der Waals surface area contributed by atoms with Gasteiger partial charge in [-0.1, -0.05) is 17.7 Å². The van der Waals surface area contributed by atoms with Crippen molar-refractivity contribution in [2.75, 3.05) is 0 Å². The number of carboxylic acid groups (broad SMARTS) is 1. The molecule has 0 unspecified atom stereocenters. The number of nitrogens with zero attached hydrogens (tertiary/aromatic N) is 2. The van der Waals surface area contributed by atoms with Crippen LogP contribution >= 0.6 is 11.6 Å². The van der Waals surface area contributed by atoms with Crippen LogP contribution in [0.2, 0.25) is 5.02 Å². The minimum absolute atomic E-state index is 0.0492. The van der Waals surface area contributed by atoms with Crippen LogP contribution in [-0.4, -0.2) is 20.6 Å². The molecule has 0 radical (unpaired) electrons. The fraction of sp³-hybridized carbons (Fsp3) is 0.286. The Hall–Kier alpha value is -2.01. The van der Waals surface area contributed by atoms with E-state index in [1.165, 1.54) is 6.07 Å². The van der Waals surface area contributed by atoms with Gasteiger partial charge >= 0.3 is 5.97 Å². The second-order valence-corrected chi connectivity index (χ2v) is 5.00.